The van der Waals surface area contributed by atoms with Crippen molar-refractivity contribution >= 4 is 18.3 Å². The summed E-state index contributed by atoms with van der Waals surface area (Å²) in [6.07, 6.45) is 4.06. The summed E-state index contributed by atoms with van der Waals surface area (Å²) in [7, 11) is 2.26. The lowest BCUT2D eigenvalue weighted by atomic mass is 9.87. The van der Waals surface area contributed by atoms with E-state index in [0.717, 1.165) is 44.6 Å². The molecule has 0 bridgehead atoms. The van der Waals surface area contributed by atoms with Crippen molar-refractivity contribution in [1.82, 2.24) is 14.7 Å². The van der Waals surface area contributed by atoms with Crippen molar-refractivity contribution in [2.45, 2.75) is 52.0 Å². The van der Waals surface area contributed by atoms with Crippen LogP contribution in [-0.4, -0.2) is 79.5 Å². The molecule has 170 valence electrons. The molecule has 2 aliphatic rings. The highest BCUT2D eigenvalue weighted by Crippen LogP contribution is 2.24. The topological polar surface area (TPSA) is 13.0 Å². The van der Waals surface area contributed by atoms with Gasteiger partial charge in [-0.25, -0.2) is 0 Å². The normalized spacial score (nSPS) is 21.0. The van der Waals surface area contributed by atoms with Crippen molar-refractivity contribution in [3.8, 4) is 0 Å². The highest BCUT2D eigenvalue weighted by Gasteiger charge is 2.21. The maximum absolute atomic E-state index is 4.57. The summed E-state index contributed by atoms with van der Waals surface area (Å²) in [5, 5.41) is 0.358. The number of piperidine rings is 1. The highest BCUT2D eigenvalue weighted by atomic mass is 32.1. The van der Waals surface area contributed by atoms with Gasteiger partial charge in [-0.3, -0.25) is 4.90 Å². The standard InChI is InChI=1S/C25H44N4S/c1-21(2)24-10-14-27(15-11-24)13-5-12-26(4)20-23-6-8-25(9-7-23)29-18-16-28(17-19-29)22(3)30/h6-9,21-22,24,30H,5,10-20H2,1-4H3. The molecule has 3 rings (SSSR count). The Bertz CT molecular complexity index is 602. The zero-order valence-electron chi connectivity index (χ0n) is 19.8. The maximum atomic E-state index is 4.57. The van der Waals surface area contributed by atoms with Gasteiger partial charge in [-0.1, -0.05) is 26.0 Å². The van der Waals surface area contributed by atoms with Crippen molar-refractivity contribution in [3.05, 3.63) is 29.8 Å². The molecule has 2 fully saturated rings. The Hall–Kier alpha value is -0.750. The van der Waals surface area contributed by atoms with Crippen LogP contribution in [0.5, 0.6) is 0 Å². The van der Waals surface area contributed by atoms with E-state index in [1.165, 1.54) is 56.7 Å². The molecular weight excluding hydrogens is 388 g/mol. The Morgan fingerprint density at radius 3 is 2.17 bits per heavy atom. The molecule has 0 N–H and O–H groups in total. The number of hydrogen-bond donors (Lipinski definition) is 1. The first kappa shape index (κ1) is 23.9. The molecular formula is C25H44N4S. The van der Waals surface area contributed by atoms with Gasteiger partial charge in [0, 0.05) is 38.4 Å². The molecule has 0 amide bonds. The molecule has 2 saturated heterocycles. The van der Waals surface area contributed by atoms with E-state index in [1.807, 2.05) is 0 Å². The minimum absolute atomic E-state index is 0.358. The van der Waals surface area contributed by atoms with Crippen molar-refractivity contribution in [2.24, 2.45) is 11.8 Å². The molecule has 5 heteroatoms. The minimum Gasteiger partial charge on any atom is -0.369 e. The van der Waals surface area contributed by atoms with Gasteiger partial charge in [0.1, 0.15) is 0 Å². The summed E-state index contributed by atoms with van der Waals surface area (Å²) in [5.41, 5.74) is 2.78. The van der Waals surface area contributed by atoms with Crippen molar-refractivity contribution in [2.75, 3.05) is 64.3 Å². The number of likely N-dealkylation sites (tertiary alicyclic amines) is 1. The van der Waals surface area contributed by atoms with Crippen molar-refractivity contribution < 1.29 is 0 Å². The van der Waals surface area contributed by atoms with Gasteiger partial charge in [-0.2, -0.15) is 12.6 Å². The third kappa shape index (κ3) is 7.15. The van der Waals surface area contributed by atoms with E-state index in [9.17, 15) is 0 Å². The number of rotatable bonds is 9. The highest BCUT2D eigenvalue weighted by molar-refractivity contribution is 7.80. The van der Waals surface area contributed by atoms with Crippen LogP contribution >= 0.6 is 12.6 Å². The van der Waals surface area contributed by atoms with E-state index in [0.29, 0.717) is 5.37 Å². The molecule has 1 aromatic rings. The molecule has 30 heavy (non-hydrogen) atoms. The maximum Gasteiger partial charge on any atom is 0.0500 e. The minimum atomic E-state index is 0.358. The molecule has 2 heterocycles. The molecule has 4 nitrogen and oxygen atoms in total. The van der Waals surface area contributed by atoms with Crippen molar-refractivity contribution in [1.29, 1.82) is 0 Å². The van der Waals surface area contributed by atoms with E-state index in [2.05, 4.69) is 84.3 Å². The van der Waals surface area contributed by atoms with Gasteiger partial charge < -0.3 is 14.7 Å². The quantitative estimate of drug-likeness (QED) is 0.585. The fraction of sp³-hybridized carbons (Fsp3) is 0.760. The van der Waals surface area contributed by atoms with Crippen LogP contribution in [0.3, 0.4) is 0 Å². The predicted octanol–water partition coefficient (Wildman–Crippen LogP) is 4.27. The first-order chi connectivity index (χ1) is 14.4. The molecule has 1 aromatic carbocycles. The van der Waals surface area contributed by atoms with Crippen LogP contribution in [-0.2, 0) is 6.54 Å². The lowest BCUT2D eigenvalue weighted by Gasteiger charge is -2.37. The molecule has 2 aliphatic heterocycles. The van der Waals surface area contributed by atoms with Crippen LogP contribution in [0.1, 0.15) is 45.6 Å². The number of benzene rings is 1. The van der Waals surface area contributed by atoms with Gasteiger partial charge in [-0.05, 0) is 88.9 Å². The molecule has 0 radical (unpaired) electrons. The second-order valence-corrected chi connectivity index (χ2v) is 10.6. The first-order valence-electron chi connectivity index (χ1n) is 12.1. The van der Waals surface area contributed by atoms with E-state index >= 15 is 0 Å². The molecule has 0 aromatic heterocycles. The molecule has 1 atom stereocenters. The number of piperazine rings is 1. The monoisotopic (exact) mass is 432 g/mol. The van der Waals surface area contributed by atoms with Crippen LogP contribution in [0.2, 0.25) is 0 Å². The molecule has 0 spiro atoms. The zero-order valence-corrected chi connectivity index (χ0v) is 20.7. The smallest absolute Gasteiger partial charge is 0.0500 e. The van der Waals surface area contributed by atoms with Crippen LogP contribution < -0.4 is 4.90 Å². The lowest BCUT2D eigenvalue weighted by molar-refractivity contribution is 0.151. The van der Waals surface area contributed by atoms with E-state index < -0.39 is 0 Å². The molecule has 0 saturated carbocycles. The summed E-state index contributed by atoms with van der Waals surface area (Å²) >= 11 is 4.57. The molecule has 0 aliphatic carbocycles. The van der Waals surface area contributed by atoms with Crippen LogP contribution in [0.4, 0.5) is 5.69 Å². The number of thiol groups is 1. The Morgan fingerprint density at radius 2 is 1.60 bits per heavy atom. The number of nitrogens with zero attached hydrogens (tertiary/aromatic N) is 4. The third-order valence-corrected chi connectivity index (χ3v) is 7.51. The second-order valence-electron chi connectivity index (χ2n) is 9.84. The largest absolute Gasteiger partial charge is 0.369 e. The summed E-state index contributed by atoms with van der Waals surface area (Å²) in [5.74, 6) is 1.80. The summed E-state index contributed by atoms with van der Waals surface area (Å²) in [4.78, 5) is 10.1. The van der Waals surface area contributed by atoms with Gasteiger partial charge in [0.15, 0.2) is 0 Å². The number of hydrogen-bond acceptors (Lipinski definition) is 5. The van der Waals surface area contributed by atoms with Gasteiger partial charge in [0.2, 0.25) is 0 Å². The fourth-order valence-electron chi connectivity index (χ4n) is 4.96. The average molecular weight is 433 g/mol. The zero-order chi connectivity index (χ0) is 21.5. The number of anilines is 1. The third-order valence-electron chi connectivity index (χ3n) is 7.19. The Kier molecular flexibility index (Phi) is 9.36. The first-order valence-corrected chi connectivity index (χ1v) is 12.6. The SMILES string of the molecule is CC(C)C1CCN(CCCN(C)Cc2ccc(N3CCN(C(C)S)CC3)cc2)CC1. The Labute approximate surface area is 191 Å². The second kappa shape index (κ2) is 11.8. The van der Waals surface area contributed by atoms with Gasteiger partial charge in [0.05, 0.1) is 5.37 Å². The van der Waals surface area contributed by atoms with Gasteiger partial charge in [-0.15, -0.1) is 0 Å². The predicted molar refractivity (Wildman–Crippen MR) is 134 cm³/mol. The average Bonchev–Trinajstić information content (AvgIpc) is 2.75. The van der Waals surface area contributed by atoms with Crippen LogP contribution in [0.15, 0.2) is 24.3 Å². The molecule has 1 unspecified atom stereocenters. The van der Waals surface area contributed by atoms with Crippen molar-refractivity contribution in [3.63, 3.8) is 0 Å². The van der Waals surface area contributed by atoms with Gasteiger partial charge in [0.25, 0.3) is 0 Å². The van der Waals surface area contributed by atoms with Crippen LogP contribution in [0.25, 0.3) is 0 Å². The fourth-order valence-corrected chi connectivity index (χ4v) is 5.20. The van der Waals surface area contributed by atoms with Crippen LogP contribution in [0, 0.1) is 11.8 Å². The summed E-state index contributed by atoms with van der Waals surface area (Å²) in [6.45, 7) is 17.4. The lowest BCUT2D eigenvalue weighted by Crippen LogP contribution is -2.48. The van der Waals surface area contributed by atoms with E-state index in [-0.39, 0.29) is 0 Å². The van der Waals surface area contributed by atoms with Gasteiger partial charge >= 0.3 is 0 Å². The Morgan fingerprint density at radius 1 is 0.967 bits per heavy atom. The van der Waals surface area contributed by atoms with E-state index in [1.54, 1.807) is 0 Å². The summed E-state index contributed by atoms with van der Waals surface area (Å²) in [6, 6.07) is 9.25. The summed E-state index contributed by atoms with van der Waals surface area (Å²) < 4.78 is 0. The Balaban J connectivity index is 1.34. The van der Waals surface area contributed by atoms with E-state index in [4.69, 9.17) is 0 Å².